The summed E-state index contributed by atoms with van der Waals surface area (Å²) >= 11 is 12.4. The Morgan fingerprint density at radius 2 is 1.74 bits per heavy atom. The lowest BCUT2D eigenvalue weighted by atomic mass is 10.2. The first-order valence-corrected chi connectivity index (χ1v) is 10.6. The molecular weight excluding hydrogens is 431 g/mol. The van der Waals surface area contributed by atoms with Crippen LogP contribution >= 0.6 is 23.2 Å². The zero-order valence-corrected chi connectivity index (χ0v) is 17.9. The van der Waals surface area contributed by atoms with Crippen molar-refractivity contribution in [3.8, 4) is 11.4 Å². The highest BCUT2D eigenvalue weighted by Gasteiger charge is 2.12. The molecule has 2 aromatic heterocycles. The summed E-state index contributed by atoms with van der Waals surface area (Å²) in [5.74, 6) is 1.32. The molecule has 0 amide bonds. The van der Waals surface area contributed by atoms with Crippen molar-refractivity contribution in [1.82, 2.24) is 20.2 Å². The number of aromatic nitrogens is 4. The van der Waals surface area contributed by atoms with Gasteiger partial charge >= 0.3 is 0 Å². The van der Waals surface area contributed by atoms with Crippen LogP contribution in [-0.4, -0.2) is 33.3 Å². The number of benzene rings is 3. The van der Waals surface area contributed by atoms with E-state index in [0.717, 1.165) is 45.4 Å². The predicted molar refractivity (Wildman–Crippen MR) is 128 cm³/mol. The zero-order chi connectivity index (χ0) is 21.2. The smallest absolute Gasteiger partial charge is 0.163 e. The van der Waals surface area contributed by atoms with Crippen LogP contribution in [0.25, 0.3) is 33.2 Å². The highest BCUT2D eigenvalue weighted by Crippen LogP contribution is 2.31. The number of H-pyrrole nitrogens is 1. The monoisotopic (exact) mass is 448 g/mol. The molecule has 5 aromatic rings. The summed E-state index contributed by atoms with van der Waals surface area (Å²) < 4.78 is 0. The Labute approximate surface area is 188 Å². The molecule has 3 aromatic carbocycles. The maximum Gasteiger partial charge on any atom is 0.163 e. The van der Waals surface area contributed by atoms with Crippen molar-refractivity contribution in [2.45, 2.75) is 0 Å². The van der Waals surface area contributed by atoms with Gasteiger partial charge in [0, 0.05) is 40.1 Å². The van der Waals surface area contributed by atoms with E-state index < -0.39 is 0 Å². The molecule has 6 nitrogen and oxygen atoms in total. The van der Waals surface area contributed by atoms with E-state index in [0.29, 0.717) is 22.4 Å². The second-order valence-electron chi connectivity index (χ2n) is 7.06. The Morgan fingerprint density at radius 3 is 2.65 bits per heavy atom. The summed E-state index contributed by atoms with van der Waals surface area (Å²) in [6.07, 6.45) is 1.81. The van der Waals surface area contributed by atoms with Gasteiger partial charge in [0.2, 0.25) is 0 Å². The molecule has 0 bridgehead atoms. The summed E-state index contributed by atoms with van der Waals surface area (Å²) in [6.45, 7) is 1.40. The lowest BCUT2D eigenvalue weighted by Gasteiger charge is -2.13. The SMILES string of the molecule is Clc1ccc(-c2nc(NCCNc3ccc4[nH]ncc4c3)c3ccccc3n2)c(Cl)c1. The topological polar surface area (TPSA) is 78.5 Å². The van der Waals surface area contributed by atoms with Gasteiger partial charge in [-0.25, -0.2) is 9.97 Å². The molecule has 0 atom stereocenters. The van der Waals surface area contributed by atoms with E-state index in [1.54, 1.807) is 12.1 Å². The van der Waals surface area contributed by atoms with E-state index in [2.05, 4.69) is 26.9 Å². The summed E-state index contributed by atoms with van der Waals surface area (Å²) in [5.41, 5.74) is 3.65. The van der Waals surface area contributed by atoms with Crippen molar-refractivity contribution < 1.29 is 0 Å². The van der Waals surface area contributed by atoms with Crippen molar-refractivity contribution in [3.05, 3.63) is 76.9 Å². The first kappa shape index (κ1) is 19.6. The van der Waals surface area contributed by atoms with Crippen molar-refractivity contribution in [2.24, 2.45) is 0 Å². The van der Waals surface area contributed by atoms with Crippen LogP contribution in [0.4, 0.5) is 11.5 Å². The number of para-hydroxylation sites is 1. The quantitative estimate of drug-likeness (QED) is 0.277. The van der Waals surface area contributed by atoms with Gasteiger partial charge in [0.05, 0.1) is 22.3 Å². The molecule has 0 saturated heterocycles. The molecule has 0 spiro atoms. The highest BCUT2D eigenvalue weighted by molar-refractivity contribution is 6.36. The number of nitrogens with one attached hydrogen (secondary N) is 3. The minimum atomic E-state index is 0.519. The number of rotatable bonds is 6. The predicted octanol–water partition coefficient (Wildman–Crippen LogP) is 6.00. The third-order valence-corrected chi connectivity index (χ3v) is 5.51. The van der Waals surface area contributed by atoms with Crippen LogP contribution in [0.5, 0.6) is 0 Å². The summed E-state index contributed by atoms with van der Waals surface area (Å²) in [6, 6.07) is 19.3. The lowest BCUT2D eigenvalue weighted by molar-refractivity contribution is 1.06. The van der Waals surface area contributed by atoms with Crippen LogP contribution in [0.3, 0.4) is 0 Å². The largest absolute Gasteiger partial charge is 0.383 e. The Hall–Kier alpha value is -3.35. The van der Waals surface area contributed by atoms with Gasteiger partial charge in [-0.15, -0.1) is 0 Å². The van der Waals surface area contributed by atoms with Crippen molar-refractivity contribution in [2.75, 3.05) is 23.7 Å². The van der Waals surface area contributed by atoms with Crippen LogP contribution in [0.15, 0.2) is 66.9 Å². The molecule has 2 heterocycles. The zero-order valence-electron chi connectivity index (χ0n) is 16.4. The molecule has 0 aliphatic carbocycles. The van der Waals surface area contributed by atoms with Crippen molar-refractivity contribution >= 4 is 56.5 Å². The number of fused-ring (bicyclic) bond motifs is 2. The van der Waals surface area contributed by atoms with Crippen LogP contribution < -0.4 is 10.6 Å². The van der Waals surface area contributed by atoms with Crippen LogP contribution in [0, 0.1) is 0 Å². The second-order valence-corrected chi connectivity index (χ2v) is 7.91. The van der Waals surface area contributed by atoms with Crippen molar-refractivity contribution in [3.63, 3.8) is 0 Å². The number of halogens is 2. The third kappa shape index (κ3) is 4.13. The van der Waals surface area contributed by atoms with Gasteiger partial charge in [-0.05, 0) is 48.5 Å². The normalized spacial score (nSPS) is 11.2. The minimum absolute atomic E-state index is 0.519. The van der Waals surface area contributed by atoms with Crippen LogP contribution in [0.2, 0.25) is 10.0 Å². The molecule has 0 aliphatic rings. The molecule has 0 aliphatic heterocycles. The number of anilines is 2. The lowest BCUT2D eigenvalue weighted by Crippen LogP contribution is -2.15. The van der Waals surface area contributed by atoms with Gasteiger partial charge in [-0.3, -0.25) is 5.10 Å². The third-order valence-electron chi connectivity index (χ3n) is 4.96. The molecule has 8 heteroatoms. The molecule has 31 heavy (non-hydrogen) atoms. The highest BCUT2D eigenvalue weighted by atomic mass is 35.5. The van der Waals surface area contributed by atoms with Crippen LogP contribution in [-0.2, 0) is 0 Å². The molecule has 0 fully saturated rings. The van der Waals surface area contributed by atoms with Gasteiger partial charge < -0.3 is 10.6 Å². The molecule has 3 N–H and O–H groups in total. The molecule has 0 saturated carbocycles. The van der Waals surface area contributed by atoms with E-state index in [-0.39, 0.29) is 0 Å². The van der Waals surface area contributed by atoms with Gasteiger partial charge in [-0.2, -0.15) is 5.10 Å². The maximum atomic E-state index is 6.39. The first-order chi connectivity index (χ1) is 15.2. The second kappa shape index (κ2) is 8.41. The number of hydrogen-bond donors (Lipinski definition) is 3. The van der Waals surface area contributed by atoms with Gasteiger partial charge in [0.25, 0.3) is 0 Å². The minimum Gasteiger partial charge on any atom is -0.383 e. The van der Waals surface area contributed by atoms with Crippen molar-refractivity contribution in [1.29, 1.82) is 0 Å². The maximum absolute atomic E-state index is 6.39. The average molecular weight is 449 g/mol. The van der Waals surface area contributed by atoms with Gasteiger partial charge in [-0.1, -0.05) is 35.3 Å². The fraction of sp³-hybridized carbons (Fsp3) is 0.0870. The molecule has 5 rings (SSSR count). The van der Waals surface area contributed by atoms with E-state index in [4.69, 9.17) is 33.2 Å². The van der Waals surface area contributed by atoms with E-state index in [9.17, 15) is 0 Å². The van der Waals surface area contributed by atoms with E-state index in [1.165, 1.54) is 0 Å². The fourth-order valence-electron chi connectivity index (χ4n) is 3.44. The number of nitrogens with zero attached hydrogens (tertiary/aromatic N) is 3. The Balaban J connectivity index is 1.36. The number of hydrogen-bond acceptors (Lipinski definition) is 5. The standard InChI is InChI=1S/C23H18Cl2N6/c24-15-5-7-17(19(25)12-15)23-29-21-4-2-1-3-18(21)22(30-23)27-10-9-26-16-6-8-20-14(11-16)13-28-31-20/h1-8,11-13,26H,9-10H2,(H,28,31)(H,27,29,30). The van der Waals surface area contributed by atoms with Crippen LogP contribution in [0.1, 0.15) is 0 Å². The van der Waals surface area contributed by atoms with E-state index in [1.807, 2.05) is 48.7 Å². The average Bonchev–Trinajstić information content (AvgIpc) is 3.24. The Morgan fingerprint density at radius 1 is 0.871 bits per heavy atom. The molecule has 0 radical (unpaired) electrons. The fourth-order valence-corrected chi connectivity index (χ4v) is 3.94. The molecule has 154 valence electrons. The number of aromatic amines is 1. The Bertz CT molecular complexity index is 1380. The summed E-state index contributed by atoms with van der Waals surface area (Å²) in [5, 5.41) is 17.0. The van der Waals surface area contributed by atoms with E-state index >= 15 is 0 Å². The summed E-state index contributed by atoms with van der Waals surface area (Å²) in [7, 11) is 0. The van der Waals surface area contributed by atoms with Gasteiger partial charge in [0.1, 0.15) is 5.82 Å². The van der Waals surface area contributed by atoms with Gasteiger partial charge in [0.15, 0.2) is 5.82 Å². The molecular formula is C23H18Cl2N6. The first-order valence-electron chi connectivity index (χ1n) is 9.80. The summed E-state index contributed by atoms with van der Waals surface area (Å²) in [4.78, 5) is 9.44. The molecule has 0 unspecified atom stereocenters. The Kier molecular flexibility index (Phi) is 5.32.